The molecular weight excluding hydrogens is 309 g/mol. The van der Waals surface area contributed by atoms with E-state index in [9.17, 15) is 14.4 Å². The lowest BCUT2D eigenvalue weighted by molar-refractivity contribution is -0.137. The maximum absolute atomic E-state index is 13.0. The van der Waals surface area contributed by atoms with Crippen molar-refractivity contribution in [1.29, 1.82) is 5.26 Å². The molecule has 1 fully saturated rings. The fraction of sp³-hybridized carbons (Fsp3) is 0.267. The number of nitrogens with zero attached hydrogens (tertiary/aromatic N) is 3. The Morgan fingerprint density at radius 1 is 1.42 bits per heavy atom. The maximum Gasteiger partial charge on any atom is 0.263 e. The number of imide groups is 1. The summed E-state index contributed by atoms with van der Waals surface area (Å²) >= 11 is 0. The number of hydrogen-bond acceptors (Lipinski definition) is 6. The van der Waals surface area contributed by atoms with Gasteiger partial charge in [0.05, 0.1) is 28.0 Å². The Hall–Kier alpha value is -3.15. The fourth-order valence-corrected chi connectivity index (χ4v) is 3.11. The first kappa shape index (κ1) is 15.7. The van der Waals surface area contributed by atoms with Gasteiger partial charge in [-0.25, -0.2) is 4.98 Å². The van der Waals surface area contributed by atoms with Crippen molar-refractivity contribution >= 4 is 36.3 Å². The number of rotatable bonds is 1. The molecular formula is C15H14BN5O3. The third-order valence-electron chi connectivity index (χ3n) is 4.37. The number of piperidine rings is 1. The summed E-state index contributed by atoms with van der Waals surface area (Å²) in [5, 5.41) is 11.4. The highest BCUT2D eigenvalue weighted by Crippen LogP contribution is 2.25. The molecule has 9 heteroatoms. The first-order valence-electron chi connectivity index (χ1n) is 7.35. The van der Waals surface area contributed by atoms with Crippen LogP contribution in [0.5, 0.6) is 0 Å². The summed E-state index contributed by atoms with van der Waals surface area (Å²) in [5.74, 6) is -0.596. The smallest absolute Gasteiger partial charge is 0.263 e. The second-order valence-electron chi connectivity index (χ2n) is 6.02. The van der Waals surface area contributed by atoms with Gasteiger partial charge in [0, 0.05) is 12.1 Å². The van der Waals surface area contributed by atoms with Crippen LogP contribution in [0.4, 0.5) is 5.69 Å². The number of anilines is 1. The van der Waals surface area contributed by atoms with Crippen LogP contribution in [-0.4, -0.2) is 29.2 Å². The monoisotopic (exact) mass is 323 g/mol. The van der Waals surface area contributed by atoms with Crippen LogP contribution >= 0.6 is 0 Å². The molecule has 0 aliphatic carbocycles. The lowest BCUT2D eigenvalue weighted by Gasteiger charge is -2.35. The van der Waals surface area contributed by atoms with Gasteiger partial charge in [-0.15, -0.1) is 0 Å². The molecule has 3 N–H and O–H groups in total. The van der Waals surface area contributed by atoms with E-state index in [-0.39, 0.29) is 29.8 Å². The molecule has 120 valence electrons. The van der Waals surface area contributed by atoms with Crippen LogP contribution in [0.25, 0.3) is 10.9 Å². The molecule has 8 nitrogen and oxygen atoms in total. The number of carbonyl (C=O) groups excluding carboxylic acids is 2. The average molecular weight is 323 g/mol. The number of hydrogen-bond donors (Lipinski definition) is 2. The van der Waals surface area contributed by atoms with Crippen LogP contribution in [0, 0.1) is 18.3 Å². The van der Waals surface area contributed by atoms with Gasteiger partial charge < -0.3 is 5.73 Å². The number of nitriles is 1. The third-order valence-corrected chi connectivity index (χ3v) is 4.37. The van der Waals surface area contributed by atoms with Gasteiger partial charge >= 0.3 is 0 Å². The predicted octanol–water partition coefficient (Wildman–Crippen LogP) is -1.12. The van der Waals surface area contributed by atoms with E-state index >= 15 is 0 Å². The van der Waals surface area contributed by atoms with E-state index in [1.54, 1.807) is 14.8 Å². The van der Waals surface area contributed by atoms with Crippen molar-refractivity contribution in [3.8, 4) is 6.07 Å². The number of nitrogens with two attached hydrogens (primary N) is 1. The Morgan fingerprint density at radius 3 is 2.75 bits per heavy atom. The highest BCUT2D eigenvalue weighted by molar-refractivity contribution is 6.28. The summed E-state index contributed by atoms with van der Waals surface area (Å²) in [5.41, 5.74) is 4.97. The molecule has 2 aromatic rings. The van der Waals surface area contributed by atoms with Gasteiger partial charge in [-0.05, 0) is 25.5 Å². The van der Waals surface area contributed by atoms with Gasteiger partial charge in [0.15, 0.2) is 0 Å². The molecule has 0 spiro atoms. The van der Waals surface area contributed by atoms with Gasteiger partial charge in [0.2, 0.25) is 11.8 Å². The number of nitrogen functional groups attached to an aromatic ring is 1. The summed E-state index contributed by atoms with van der Waals surface area (Å²) < 4.78 is 1.28. The van der Waals surface area contributed by atoms with E-state index in [1.807, 2.05) is 6.07 Å². The summed E-state index contributed by atoms with van der Waals surface area (Å²) in [6, 6.07) is 4.85. The topological polar surface area (TPSA) is 131 Å². The third kappa shape index (κ3) is 2.15. The van der Waals surface area contributed by atoms with Crippen molar-refractivity contribution in [2.24, 2.45) is 0 Å². The van der Waals surface area contributed by atoms with Crippen molar-refractivity contribution in [2.75, 3.05) is 5.73 Å². The molecule has 2 amide bonds. The minimum atomic E-state index is -1.23. The zero-order valence-corrected chi connectivity index (χ0v) is 13.2. The first-order chi connectivity index (χ1) is 11.3. The molecule has 1 unspecified atom stereocenters. The number of nitrogens with one attached hydrogen (secondary N) is 1. The van der Waals surface area contributed by atoms with Crippen molar-refractivity contribution in [3.63, 3.8) is 0 Å². The summed E-state index contributed by atoms with van der Waals surface area (Å²) in [7, 11) is 1.59. The first-order valence-corrected chi connectivity index (χ1v) is 7.35. The molecule has 1 aromatic heterocycles. The Balaban J connectivity index is 2.33. The largest absolute Gasteiger partial charge is 0.398 e. The van der Waals surface area contributed by atoms with Crippen LogP contribution in [0.15, 0.2) is 16.9 Å². The molecule has 24 heavy (non-hydrogen) atoms. The van der Waals surface area contributed by atoms with E-state index in [1.165, 1.54) is 16.7 Å². The summed E-state index contributed by atoms with van der Waals surface area (Å²) in [6.07, 6.45) is 0.330. The lowest BCUT2D eigenvalue weighted by atomic mass is 9.71. The number of aryl methyl sites for hydroxylation is 1. The number of fused-ring (bicyclic) bond motifs is 1. The van der Waals surface area contributed by atoms with Crippen molar-refractivity contribution in [3.05, 3.63) is 33.9 Å². The van der Waals surface area contributed by atoms with Crippen LogP contribution in [0.3, 0.4) is 0 Å². The Bertz CT molecular complexity index is 1010. The molecule has 0 radical (unpaired) electrons. The molecule has 0 bridgehead atoms. The normalized spacial score (nSPS) is 20.7. The Kier molecular flexibility index (Phi) is 3.41. The quantitative estimate of drug-likeness (QED) is 0.388. The standard InChI is InChI=1S/C15H14BN5O3/c1-7-19-10-5-8(6-17)4-9(18)12(10)13(23)21(7)15(16)3-2-11(22)20-14(15)24/h4-5H,2-3,16,18H2,1H3,(H,20,22,24). The average Bonchev–Trinajstić information content (AvgIpc) is 2.50. The van der Waals surface area contributed by atoms with E-state index in [2.05, 4.69) is 10.3 Å². The Labute approximate surface area is 137 Å². The van der Waals surface area contributed by atoms with Crippen LogP contribution in [0.1, 0.15) is 24.2 Å². The molecule has 2 heterocycles. The van der Waals surface area contributed by atoms with Gasteiger partial charge in [0.1, 0.15) is 13.7 Å². The molecule has 0 saturated carbocycles. The SMILES string of the molecule is BC1(n2c(C)nc3cc(C#N)cc(N)c3c2=O)CCC(=O)NC1=O. The van der Waals surface area contributed by atoms with Gasteiger partial charge in [-0.2, -0.15) is 5.26 Å². The molecule has 1 aliphatic heterocycles. The minimum Gasteiger partial charge on any atom is -0.398 e. The van der Waals surface area contributed by atoms with Gasteiger partial charge in [0.25, 0.3) is 5.56 Å². The molecule has 1 aromatic carbocycles. The molecule has 1 saturated heterocycles. The maximum atomic E-state index is 13.0. The highest BCUT2D eigenvalue weighted by atomic mass is 16.2. The van der Waals surface area contributed by atoms with Gasteiger partial charge in [-0.1, -0.05) is 0 Å². The van der Waals surface area contributed by atoms with Crippen LogP contribution in [-0.2, 0) is 15.0 Å². The van der Waals surface area contributed by atoms with E-state index in [0.717, 1.165) is 0 Å². The number of aromatic nitrogens is 2. The van der Waals surface area contributed by atoms with Gasteiger partial charge in [-0.3, -0.25) is 24.3 Å². The molecule has 1 atom stereocenters. The fourth-order valence-electron chi connectivity index (χ4n) is 3.11. The predicted molar refractivity (Wildman–Crippen MR) is 88.8 cm³/mol. The lowest BCUT2D eigenvalue weighted by Crippen LogP contribution is -2.58. The van der Waals surface area contributed by atoms with Crippen LogP contribution in [0.2, 0.25) is 0 Å². The Morgan fingerprint density at radius 2 is 2.12 bits per heavy atom. The molecule has 1 aliphatic rings. The zero-order chi connectivity index (χ0) is 17.6. The van der Waals surface area contributed by atoms with Crippen LogP contribution < -0.4 is 16.6 Å². The van der Waals surface area contributed by atoms with E-state index in [4.69, 9.17) is 11.0 Å². The number of benzene rings is 1. The minimum absolute atomic E-state index is 0.131. The number of carbonyl (C=O) groups is 2. The van der Waals surface area contributed by atoms with Crippen molar-refractivity contribution < 1.29 is 9.59 Å². The second-order valence-corrected chi connectivity index (χ2v) is 6.02. The zero-order valence-electron chi connectivity index (χ0n) is 13.2. The number of amides is 2. The molecule has 3 rings (SSSR count). The van der Waals surface area contributed by atoms with E-state index in [0.29, 0.717) is 16.9 Å². The summed E-state index contributed by atoms with van der Waals surface area (Å²) in [4.78, 5) is 41.1. The second kappa shape index (κ2) is 5.20. The van der Waals surface area contributed by atoms with Crippen molar-refractivity contribution in [2.45, 2.75) is 25.2 Å². The summed E-state index contributed by atoms with van der Waals surface area (Å²) in [6.45, 7) is 1.60. The van der Waals surface area contributed by atoms with Crippen molar-refractivity contribution in [1.82, 2.24) is 14.9 Å². The van der Waals surface area contributed by atoms with E-state index < -0.39 is 16.9 Å². The highest BCUT2D eigenvalue weighted by Gasteiger charge is 2.42.